The van der Waals surface area contributed by atoms with Crippen LogP contribution in [0.2, 0.25) is 0 Å². The van der Waals surface area contributed by atoms with Crippen LogP contribution >= 0.6 is 0 Å². The van der Waals surface area contributed by atoms with Gasteiger partial charge < -0.3 is 10.2 Å². The van der Waals surface area contributed by atoms with Crippen molar-refractivity contribution in [1.29, 1.82) is 0 Å². The van der Waals surface area contributed by atoms with Gasteiger partial charge in [0.15, 0.2) is 0 Å². The summed E-state index contributed by atoms with van der Waals surface area (Å²) in [5.74, 6) is -0.00900. The predicted octanol–water partition coefficient (Wildman–Crippen LogP) is 2.82. The second-order valence-corrected chi connectivity index (χ2v) is 6.74. The Morgan fingerprint density at radius 2 is 1.80 bits per heavy atom. The van der Waals surface area contributed by atoms with Gasteiger partial charge in [-0.1, -0.05) is 48.5 Å². The number of aliphatic imine (C=N–C) groups is 1. The van der Waals surface area contributed by atoms with Crippen LogP contribution in [0.15, 0.2) is 53.5 Å². The zero-order chi connectivity index (χ0) is 17.8. The molecular formula is C21H25N3O. The third kappa shape index (κ3) is 3.97. The Balaban J connectivity index is 2.12. The van der Waals surface area contributed by atoms with Crippen LogP contribution in [-0.2, 0) is 11.2 Å². The molecule has 0 bridgehead atoms. The molecule has 130 valence electrons. The molecule has 0 spiro atoms. The summed E-state index contributed by atoms with van der Waals surface area (Å²) in [7, 11) is 4.12. The van der Waals surface area contributed by atoms with E-state index in [2.05, 4.69) is 60.7 Å². The highest BCUT2D eigenvalue weighted by Gasteiger charge is 2.26. The smallest absolute Gasteiger partial charge is 0.217 e. The van der Waals surface area contributed by atoms with Gasteiger partial charge in [0.05, 0.1) is 18.3 Å². The van der Waals surface area contributed by atoms with Gasteiger partial charge in [0.1, 0.15) is 0 Å². The van der Waals surface area contributed by atoms with Crippen LogP contribution in [0.25, 0.3) is 0 Å². The zero-order valence-electron chi connectivity index (χ0n) is 15.1. The molecule has 0 heterocycles. The summed E-state index contributed by atoms with van der Waals surface area (Å²) in [6.07, 6.45) is 0.777. The van der Waals surface area contributed by atoms with Gasteiger partial charge in [-0.3, -0.25) is 9.79 Å². The number of amides is 1. The van der Waals surface area contributed by atoms with Crippen LogP contribution < -0.4 is 5.32 Å². The summed E-state index contributed by atoms with van der Waals surface area (Å²) in [6.45, 7) is 3.23. The number of fused-ring (bicyclic) bond motifs is 2. The number of hydrogen-bond acceptors (Lipinski definition) is 3. The van der Waals surface area contributed by atoms with Crippen molar-refractivity contribution in [1.82, 2.24) is 10.2 Å². The van der Waals surface area contributed by atoms with Gasteiger partial charge in [-0.25, -0.2) is 0 Å². The van der Waals surface area contributed by atoms with Gasteiger partial charge in [0.2, 0.25) is 5.91 Å². The quantitative estimate of drug-likeness (QED) is 0.934. The van der Waals surface area contributed by atoms with E-state index < -0.39 is 0 Å². The first kappa shape index (κ1) is 17.4. The van der Waals surface area contributed by atoms with Crippen molar-refractivity contribution in [3.63, 3.8) is 0 Å². The van der Waals surface area contributed by atoms with E-state index in [4.69, 9.17) is 4.99 Å². The lowest BCUT2D eigenvalue weighted by Crippen LogP contribution is -2.27. The SMILES string of the molecule is CC(=O)NC1Cc2ccccc2C(=NCCN(C)C)c2ccccc21. The van der Waals surface area contributed by atoms with Crippen LogP contribution in [0.1, 0.15) is 35.2 Å². The van der Waals surface area contributed by atoms with E-state index in [0.29, 0.717) is 0 Å². The molecule has 0 radical (unpaired) electrons. The van der Waals surface area contributed by atoms with Crippen molar-refractivity contribution in [2.24, 2.45) is 4.99 Å². The summed E-state index contributed by atoms with van der Waals surface area (Å²) in [5.41, 5.74) is 5.67. The standard InChI is InChI=1S/C21H25N3O/c1-15(25)23-20-14-16-8-4-5-9-17(16)21(22-12-13-24(2)3)19-11-7-6-10-18(19)20/h4-11,20H,12-14H2,1-3H3,(H,23,25). The molecular weight excluding hydrogens is 310 g/mol. The molecule has 0 saturated heterocycles. The van der Waals surface area contributed by atoms with E-state index in [0.717, 1.165) is 36.3 Å². The van der Waals surface area contributed by atoms with Crippen molar-refractivity contribution in [3.8, 4) is 0 Å². The molecule has 1 unspecified atom stereocenters. The lowest BCUT2D eigenvalue weighted by Gasteiger charge is -2.18. The monoisotopic (exact) mass is 335 g/mol. The highest BCUT2D eigenvalue weighted by molar-refractivity contribution is 6.15. The Morgan fingerprint density at radius 3 is 2.52 bits per heavy atom. The van der Waals surface area contributed by atoms with Crippen LogP contribution in [0.3, 0.4) is 0 Å². The second kappa shape index (κ2) is 7.62. The second-order valence-electron chi connectivity index (χ2n) is 6.74. The van der Waals surface area contributed by atoms with Gasteiger partial charge in [-0.2, -0.15) is 0 Å². The van der Waals surface area contributed by atoms with Crippen LogP contribution in [0.5, 0.6) is 0 Å². The van der Waals surface area contributed by atoms with Gasteiger partial charge in [-0.05, 0) is 31.6 Å². The fraction of sp³-hybridized carbons (Fsp3) is 0.333. The minimum atomic E-state index is -0.0311. The van der Waals surface area contributed by atoms with Crippen molar-refractivity contribution in [3.05, 3.63) is 70.8 Å². The summed E-state index contributed by atoms with van der Waals surface area (Å²) in [5, 5.41) is 3.11. The number of benzene rings is 2. The lowest BCUT2D eigenvalue weighted by molar-refractivity contribution is -0.119. The Hall–Kier alpha value is -2.46. The first-order valence-corrected chi connectivity index (χ1v) is 8.70. The van der Waals surface area contributed by atoms with Crippen LogP contribution in [-0.4, -0.2) is 43.7 Å². The van der Waals surface area contributed by atoms with Gasteiger partial charge in [-0.15, -0.1) is 0 Å². The minimum absolute atomic E-state index is 0.00900. The molecule has 3 rings (SSSR count). The Kier molecular flexibility index (Phi) is 5.29. The van der Waals surface area contributed by atoms with E-state index in [1.807, 2.05) is 12.1 Å². The molecule has 2 aromatic rings. The Morgan fingerprint density at radius 1 is 1.12 bits per heavy atom. The average molecular weight is 335 g/mol. The maximum Gasteiger partial charge on any atom is 0.217 e. The fourth-order valence-corrected chi connectivity index (χ4v) is 3.33. The Bertz CT molecular complexity index is 795. The van der Waals surface area contributed by atoms with Crippen LogP contribution in [0, 0.1) is 0 Å². The van der Waals surface area contributed by atoms with Crippen LogP contribution in [0.4, 0.5) is 0 Å². The molecule has 1 amide bonds. The average Bonchev–Trinajstić information content (AvgIpc) is 2.70. The van der Waals surface area contributed by atoms with Gasteiger partial charge in [0, 0.05) is 24.6 Å². The van der Waals surface area contributed by atoms with Crippen molar-refractivity contribution < 1.29 is 4.79 Å². The maximum absolute atomic E-state index is 11.7. The molecule has 4 nitrogen and oxygen atoms in total. The topological polar surface area (TPSA) is 44.7 Å². The highest BCUT2D eigenvalue weighted by atomic mass is 16.1. The first-order valence-electron chi connectivity index (χ1n) is 8.70. The zero-order valence-corrected chi connectivity index (χ0v) is 15.1. The summed E-state index contributed by atoms with van der Waals surface area (Å²) < 4.78 is 0. The number of likely N-dealkylation sites (N-methyl/N-ethyl adjacent to an activating group) is 1. The first-order chi connectivity index (χ1) is 12.1. The molecule has 25 heavy (non-hydrogen) atoms. The number of rotatable bonds is 4. The molecule has 1 aliphatic rings. The van der Waals surface area contributed by atoms with E-state index >= 15 is 0 Å². The van der Waals surface area contributed by atoms with Crippen molar-refractivity contribution in [2.75, 3.05) is 27.2 Å². The van der Waals surface area contributed by atoms with Gasteiger partial charge in [0.25, 0.3) is 0 Å². The Labute approximate surface area is 149 Å². The molecule has 0 fully saturated rings. The summed E-state index contributed by atoms with van der Waals surface area (Å²) >= 11 is 0. The lowest BCUT2D eigenvalue weighted by atomic mass is 9.97. The maximum atomic E-state index is 11.7. The largest absolute Gasteiger partial charge is 0.349 e. The summed E-state index contributed by atoms with van der Waals surface area (Å²) in [4.78, 5) is 18.8. The number of nitrogens with zero attached hydrogens (tertiary/aromatic N) is 2. The number of nitrogens with one attached hydrogen (secondary N) is 1. The number of carbonyl (C=O) groups excluding carboxylic acids is 1. The molecule has 0 aromatic heterocycles. The normalized spacial score (nSPS) is 17.8. The van der Waals surface area contributed by atoms with E-state index in [9.17, 15) is 4.79 Å². The predicted molar refractivity (Wildman–Crippen MR) is 102 cm³/mol. The van der Waals surface area contributed by atoms with E-state index in [-0.39, 0.29) is 11.9 Å². The molecule has 1 N–H and O–H groups in total. The minimum Gasteiger partial charge on any atom is -0.349 e. The molecule has 0 aliphatic heterocycles. The van der Waals surface area contributed by atoms with Crippen molar-refractivity contribution in [2.45, 2.75) is 19.4 Å². The molecule has 2 aromatic carbocycles. The number of carbonyl (C=O) groups is 1. The fourth-order valence-electron chi connectivity index (χ4n) is 3.33. The van der Waals surface area contributed by atoms with Crippen molar-refractivity contribution >= 4 is 11.6 Å². The highest BCUT2D eigenvalue weighted by Crippen LogP contribution is 2.31. The van der Waals surface area contributed by atoms with E-state index in [1.54, 1.807) is 6.92 Å². The molecule has 1 atom stereocenters. The van der Waals surface area contributed by atoms with Gasteiger partial charge >= 0.3 is 0 Å². The third-order valence-electron chi connectivity index (χ3n) is 4.48. The number of hydrogen-bond donors (Lipinski definition) is 1. The third-order valence-corrected chi connectivity index (χ3v) is 4.48. The molecule has 4 heteroatoms. The molecule has 0 saturated carbocycles. The summed E-state index contributed by atoms with van der Waals surface area (Å²) in [6, 6.07) is 16.6. The molecule has 1 aliphatic carbocycles. The van der Waals surface area contributed by atoms with E-state index in [1.165, 1.54) is 11.1 Å².